The third-order valence-electron chi connectivity index (χ3n) is 1.08. The second-order valence-electron chi connectivity index (χ2n) is 2.15. The molecule has 0 radical (unpaired) electrons. The van der Waals surface area contributed by atoms with Crippen LogP contribution in [0.1, 0.15) is 20.8 Å². The number of hydrogen-bond donors (Lipinski definition) is 1. The van der Waals surface area contributed by atoms with E-state index in [0.717, 1.165) is 0 Å². The van der Waals surface area contributed by atoms with Gasteiger partial charge in [0.1, 0.15) is 0 Å². The Bertz CT molecular complexity index is 75.3. The van der Waals surface area contributed by atoms with E-state index in [9.17, 15) is 0 Å². The lowest BCUT2D eigenvalue weighted by atomic mass is 10.4. The summed E-state index contributed by atoms with van der Waals surface area (Å²) in [5.41, 5.74) is 0. The van der Waals surface area contributed by atoms with Gasteiger partial charge in [-0.15, -0.1) is 0 Å². The topological polar surface area (TPSA) is 38.7 Å². The number of hydrogen-bond acceptors (Lipinski definition) is 3. The van der Waals surface area contributed by atoms with E-state index < -0.39 is 0 Å². The van der Waals surface area contributed by atoms with E-state index in [1.807, 2.05) is 13.8 Å². The molecule has 0 aromatic heterocycles. The molecule has 0 aromatic carbocycles. The van der Waals surface area contributed by atoms with Crippen LogP contribution < -0.4 is 0 Å². The normalized spacial score (nSPS) is 16.8. The molecule has 0 rings (SSSR count). The van der Waals surface area contributed by atoms with Crippen molar-refractivity contribution in [2.24, 2.45) is 0 Å². The van der Waals surface area contributed by atoms with Crippen molar-refractivity contribution >= 4 is 0 Å². The first kappa shape index (κ1) is 9.88. The van der Waals surface area contributed by atoms with Crippen molar-refractivity contribution in [1.82, 2.24) is 0 Å². The van der Waals surface area contributed by atoms with Crippen LogP contribution >= 0.6 is 0 Å². The van der Waals surface area contributed by atoms with E-state index in [-0.39, 0.29) is 19.0 Å². The molecule has 0 aliphatic rings. The van der Waals surface area contributed by atoms with Crippen molar-refractivity contribution < 1.29 is 14.6 Å². The Morgan fingerprint density at radius 1 is 1.40 bits per heavy atom. The molecule has 0 amide bonds. The van der Waals surface area contributed by atoms with Gasteiger partial charge in [0, 0.05) is 6.61 Å². The maximum Gasteiger partial charge on any atom is 0.155 e. The zero-order valence-electron chi connectivity index (χ0n) is 6.83. The molecule has 2 atom stereocenters. The predicted octanol–water partition coefficient (Wildman–Crippen LogP) is 0.766. The van der Waals surface area contributed by atoms with Gasteiger partial charge in [-0.3, -0.25) is 0 Å². The molecule has 10 heavy (non-hydrogen) atoms. The van der Waals surface area contributed by atoms with Gasteiger partial charge in [-0.2, -0.15) is 0 Å². The molecule has 0 saturated carbocycles. The predicted molar refractivity (Wildman–Crippen MR) is 38.7 cm³/mol. The Hall–Kier alpha value is -0.120. The van der Waals surface area contributed by atoms with Gasteiger partial charge in [-0.1, -0.05) is 0 Å². The lowest BCUT2D eigenvalue weighted by molar-refractivity contribution is -0.160. The summed E-state index contributed by atoms with van der Waals surface area (Å²) in [6, 6.07) is 0. The smallest absolute Gasteiger partial charge is 0.155 e. The van der Waals surface area contributed by atoms with E-state index in [1.54, 1.807) is 6.92 Å². The molecule has 1 N–H and O–H groups in total. The first-order valence-corrected chi connectivity index (χ1v) is 3.58. The molecule has 0 unspecified atom stereocenters. The van der Waals surface area contributed by atoms with Crippen molar-refractivity contribution in [3.8, 4) is 0 Å². The van der Waals surface area contributed by atoms with Gasteiger partial charge in [0.25, 0.3) is 0 Å². The minimum absolute atomic E-state index is 0.0391. The largest absolute Gasteiger partial charge is 0.394 e. The van der Waals surface area contributed by atoms with E-state index in [0.29, 0.717) is 6.61 Å². The second-order valence-corrected chi connectivity index (χ2v) is 2.15. The summed E-state index contributed by atoms with van der Waals surface area (Å²) in [6.45, 7) is 6.20. The summed E-state index contributed by atoms with van der Waals surface area (Å²) in [5, 5.41) is 8.57. The number of aliphatic hydroxyl groups excluding tert-OH is 1. The number of ether oxygens (including phenoxy) is 2. The van der Waals surface area contributed by atoms with Crippen molar-refractivity contribution in [2.75, 3.05) is 13.2 Å². The lowest BCUT2D eigenvalue weighted by Crippen LogP contribution is -2.22. The molecule has 0 aliphatic heterocycles. The molecule has 0 saturated heterocycles. The summed E-state index contributed by atoms with van der Waals surface area (Å²) in [5.74, 6) is 0. The van der Waals surface area contributed by atoms with E-state index >= 15 is 0 Å². The molecule has 0 aliphatic carbocycles. The Balaban J connectivity index is 3.27. The highest BCUT2D eigenvalue weighted by molar-refractivity contribution is 4.44. The first-order chi connectivity index (χ1) is 4.70. The second kappa shape index (κ2) is 5.65. The van der Waals surface area contributed by atoms with Crippen LogP contribution in [0.5, 0.6) is 0 Å². The highest BCUT2D eigenvalue weighted by Crippen LogP contribution is 1.97. The van der Waals surface area contributed by atoms with Crippen LogP contribution in [0, 0.1) is 0 Å². The third kappa shape index (κ3) is 4.73. The highest BCUT2D eigenvalue weighted by Gasteiger charge is 2.05. The summed E-state index contributed by atoms with van der Waals surface area (Å²) in [4.78, 5) is 0. The van der Waals surface area contributed by atoms with Crippen molar-refractivity contribution in [3.63, 3.8) is 0 Å². The van der Waals surface area contributed by atoms with Gasteiger partial charge in [0.15, 0.2) is 6.29 Å². The van der Waals surface area contributed by atoms with Gasteiger partial charge in [-0.25, -0.2) is 0 Å². The molecule has 0 heterocycles. The lowest BCUT2D eigenvalue weighted by Gasteiger charge is -2.16. The molecule has 0 spiro atoms. The maximum atomic E-state index is 8.57. The van der Waals surface area contributed by atoms with Crippen LogP contribution in [0.4, 0.5) is 0 Å². The van der Waals surface area contributed by atoms with Gasteiger partial charge < -0.3 is 14.6 Å². The SMILES string of the molecule is CCO[C@H](C)O[C@H](C)CO. The molecule has 0 bridgehead atoms. The van der Waals surface area contributed by atoms with Crippen LogP contribution in [0.25, 0.3) is 0 Å². The average molecular weight is 148 g/mol. The molecular formula is C7H16O3. The van der Waals surface area contributed by atoms with Gasteiger partial charge >= 0.3 is 0 Å². The van der Waals surface area contributed by atoms with Crippen LogP contribution in [0.2, 0.25) is 0 Å². The van der Waals surface area contributed by atoms with Crippen molar-refractivity contribution in [2.45, 2.75) is 33.2 Å². The summed E-state index contributed by atoms with van der Waals surface area (Å²) in [7, 11) is 0. The summed E-state index contributed by atoms with van der Waals surface area (Å²) >= 11 is 0. The van der Waals surface area contributed by atoms with E-state index in [2.05, 4.69) is 0 Å². The Labute approximate surface area is 62.0 Å². The highest BCUT2D eigenvalue weighted by atomic mass is 16.7. The zero-order valence-corrected chi connectivity index (χ0v) is 6.83. The number of aliphatic hydroxyl groups is 1. The van der Waals surface area contributed by atoms with Crippen LogP contribution in [-0.2, 0) is 9.47 Å². The fraction of sp³-hybridized carbons (Fsp3) is 1.00. The Morgan fingerprint density at radius 3 is 2.40 bits per heavy atom. The molecule has 0 aromatic rings. The molecular weight excluding hydrogens is 132 g/mol. The average Bonchev–Trinajstić information content (AvgIpc) is 1.88. The van der Waals surface area contributed by atoms with Crippen LogP contribution in [-0.4, -0.2) is 30.7 Å². The van der Waals surface area contributed by atoms with Crippen LogP contribution in [0.3, 0.4) is 0 Å². The van der Waals surface area contributed by atoms with E-state index in [1.165, 1.54) is 0 Å². The zero-order chi connectivity index (χ0) is 7.98. The molecule has 62 valence electrons. The Kier molecular flexibility index (Phi) is 5.58. The summed E-state index contributed by atoms with van der Waals surface area (Å²) < 4.78 is 10.2. The van der Waals surface area contributed by atoms with Gasteiger partial charge in [-0.05, 0) is 20.8 Å². The van der Waals surface area contributed by atoms with Crippen molar-refractivity contribution in [1.29, 1.82) is 0 Å². The monoisotopic (exact) mass is 148 g/mol. The molecule has 3 nitrogen and oxygen atoms in total. The standard InChI is InChI=1S/C7H16O3/c1-4-9-7(3)10-6(2)5-8/h6-8H,4-5H2,1-3H3/t6-,7+/m1/s1. The fourth-order valence-corrected chi connectivity index (χ4v) is 0.644. The quantitative estimate of drug-likeness (QED) is 0.585. The minimum Gasteiger partial charge on any atom is -0.394 e. The Morgan fingerprint density at radius 2 is 2.00 bits per heavy atom. The third-order valence-corrected chi connectivity index (χ3v) is 1.08. The molecule has 3 heteroatoms. The van der Waals surface area contributed by atoms with E-state index in [4.69, 9.17) is 14.6 Å². The fourth-order valence-electron chi connectivity index (χ4n) is 0.644. The van der Waals surface area contributed by atoms with Crippen molar-refractivity contribution in [3.05, 3.63) is 0 Å². The maximum absolute atomic E-state index is 8.57. The minimum atomic E-state index is -0.216. The number of rotatable bonds is 5. The van der Waals surface area contributed by atoms with Gasteiger partial charge in [0.2, 0.25) is 0 Å². The van der Waals surface area contributed by atoms with Gasteiger partial charge in [0.05, 0.1) is 12.7 Å². The van der Waals surface area contributed by atoms with Crippen LogP contribution in [0.15, 0.2) is 0 Å². The first-order valence-electron chi connectivity index (χ1n) is 3.58. The summed E-state index contributed by atoms with van der Waals surface area (Å²) in [6.07, 6.45) is -0.353. The molecule has 0 fully saturated rings.